The van der Waals surface area contributed by atoms with Crippen molar-refractivity contribution in [2.24, 2.45) is 7.05 Å². The minimum absolute atomic E-state index is 0.254. The van der Waals surface area contributed by atoms with Gasteiger partial charge in [0, 0.05) is 18.8 Å². The molecule has 0 saturated heterocycles. The van der Waals surface area contributed by atoms with Crippen molar-refractivity contribution in [2.45, 2.75) is 39.2 Å². The third-order valence-electron chi connectivity index (χ3n) is 2.01. The summed E-state index contributed by atoms with van der Waals surface area (Å²) in [7, 11) is 1.86. The van der Waals surface area contributed by atoms with E-state index in [9.17, 15) is 5.11 Å². The van der Waals surface area contributed by atoms with Gasteiger partial charge in [0.05, 0.1) is 5.60 Å². The number of aryl methyl sites for hydroxylation is 1. The fraction of sp³-hybridized carbons (Fsp3) is 0.727. The van der Waals surface area contributed by atoms with E-state index >= 15 is 0 Å². The molecule has 4 heteroatoms. The highest BCUT2D eigenvalue weighted by Gasteiger charge is 2.17. The topological polar surface area (TPSA) is 47.3 Å². The number of rotatable bonds is 4. The molecule has 4 nitrogen and oxygen atoms in total. The van der Waals surface area contributed by atoms with Crippen LogP contribution in [0.3, 0.4) is 0 Å². The highest BCUT2D eigenvalue weighted by atomic mass is 16.5. The predicted molar refractivity (Wildman–Crippen MR) is 59.1 cm³/mol. The SMILES string of the molecule is CC(C)c1cn(C)nc1OCC(C)(C)O. The second kappa shape index (κ2) is 4.23. The molecule has 1 N–H and O–H groups in total. The zero-order valence-electron chi connectivity index (χ0n) is 10.1. The predicted octanol–water partition coefficient (Wildman–Crippen LogP) is 1.69. The summed E-state index contributed by atoms with van der Waals surface area (Å²) >= 11 is 0. The van der Waals surface area contributed by atoms with Gasteiger partial charge in [-0.25, -0.2) is 0 Å². The van der Waals surface area contributed by atoms with E-state index in [1.165, 1.54) is 0 Å². The van der Waals surface area contributed by atoms with Crippen LogP contribution in [0.4, 0.5) is 0 Å². The van der Waals surface area contributed by atoms with E-state index in [4.69, 9.17) is 4.74 Å². The van der Waals surface area contributed by atoms with E-state index in [-0.39, 0.29) is 6.61 Å². The van der Waals surface area contributed by atoms with Crippen molar-refractivity contribution in [2.75, 3.05) is 6.61 Å². The average Bonchev–Trinajstić information content (AvgIpc) is 2.42. The summed E-state index contributed by atoms with van der Waals surface area (Å²) < 4.78 is 7.23. The van der Waals surface area contributed by atoms with Crippen LogP contribution in [0.15, 0.2) is 6.20 Å². The van der Waals surface area contributed by atoms with Crippen LogP contribution in [-0.2, 0) is 7.05 Å². The van der Waals surface area contributed by atoms with Gasteiger partial charge < -0.3 is 9.84 Å². The molecule has 0 bridgehead atoms. The maximum atomic E-state index is 9.56. The first kappa shape index (κ1) is 12.0. The molecule has 1 rings (SSSR count). The Balaban J connectivity index is 2.76. The lowest BCUT2D eigenvalue weighted by molar-refractivity contribution is 0.0262. The van der Waals surface area contributed by atoms with Crippen molar-refractivity contribution < 1.29 is 9.84 Å². The van der Waals surface area contributed by atoms with E-state index in [1.54, 1.807) is 18.5 Å². The van der Waals surface area contributed by atoms with E-state index in [2.05, 4.69) is 18.9 Å². The lowest BCUT2D eigenvalue weighted by Gasteiger charge is -2.17. The molecule has 0 atom stereocenters. The summed E-state index contributed by atoms with van der Waals surface area (Å²) in [6, 6.07) is 0. The number of hydrogen-bond donors (Lipinski definition) is 1. The second-order valence-corrected chi connectivity index (χ2v) is 4.82. The Morgan fingerprint density at radius 2 is 2.13 bits per heavy atom. The fourth-order valence-electron chi connectivity index (χ4n) is 1.24. The van der Waals surface area contributed by atoms with Crippen molar-refractivity contribution in [3.05, 3.63) is 11.8 Å². The van der Waals surface area contributed by atoms with Gasteiger partial charge >= 0.3 is 0 Å². The van der Waals surface area contributed by atoms with Crippen LogP contribution in [0, 0.1) is 0 Å². The molecule has 1 aromatic rings. The van der Waals surface area contributed by atoms with Crippen LogP contribution in [0.2, 0.25) is 0 Å². The van der Waals surface area contributed by atoms with Crippen LogP contribution in [0.25, 0.3) is 0 Å². The highest BCUT2D eigenvalue weighted by molar-refractivity contribution is 5.26. The zero-order valence-corrected chi connectivity index (χ0v) is 10.1. The van der Waals surface area contributed by atoms with Crippen LogP contribution in [-0.4, -0.2) is 27.1 Å². The maximum absolute atomic E-state index is 9.56. The van der Waals surface area contributed by atoms with Crippen LogP contribution in [0.5, 0.6) is 5.88 Å². The van der Waals surface area contributed by atoms with Crippen molar-refractivity contribution in [1.29, 1.82) is 0 Å². The Bertz CT molecular complexity index is 324. The summed E-state index contributed by atoms with van der Waals surface area (Å²) in [5, 5.41) is 13.8. The van der Waals surface area contributed by atoms with Crippen LogP contribution in [0.1, 0.15) is 39.2 Å². The number of aromatic nitrogens is 2. The third-order valence-corrected chi connectivity index (χ3v) is 2.01. The van der Waals surface area contributed by atoms with Gasteiger partial charge in [-0.2, -0.15) is 0 Å². The number of nitrogens with zero attached hydrogens (tertiary/aromatic N) is 2. The number of aliphatic hydroxyl groups is 1. The molecule has 0 saturated carbocycles. The first-order chi connectivity index (χ1) is 6.79. The molecule has 86 valence electrons. The minimum Gasteiger partial charge on any atom is -0.473 e. The Morgan fingerprint density at radius 3 is 2.60 bits per heavy atom. The molecule has 0 unspecified atom stereocenters. The Labute approximate surface area is 90.9 Å². The minimum atomic E-state index is -0.828. The van der Waals surface area contributed by atoms with Gasteiger partial charge in [0.25, 0.3) is 0 Å². The highest BCUT2D eigenvalue weighted by Crippen LogP contribution is 2.24. The van der Waals surface area contributed by atoms with Gasteiger partial charge in [-0.1, -0.05) is 13.8 Å². The van der Waals surface area contributed by atoms with E-state index in [1.807, 2.05) is 13.2 Å². The smallest absolute Gasteiger partial charge is 0.236 e. The lowest BCUT2D eigenvalue weighted by atomic mass is 10.1. The summed E-state index contributed by atoms with van der Waals surface area (Å²) in [4.78, 5) is 0. The molecule has 0 aromatic carbocycles. The Hall–Kier alpha value is -1.03. The van der Waals surface area contributed by atoms with Crippen molar-refractivity contribution >= 4 is 0 Å². The first-order valence-corrected chi connectivity index (χ1v) is 5.18. The van der Waals surface area contributed by atoms with Crippen molar-refractivity contribution in [3.8, 4) is 5.88 Å². The summed E-state index contributed by atoms with van der Waals surface area (Å²) in [5.41, 5.74) is 0.243. The summed E-state index contributed by atoms with van der Waals surface area (Å²) in [5.74, 6) is 0.991. The average molecular weight is 212 g/mol. The summed E-state index contributed by atoms with van der Waals surface area (Å²) in [6.45, 7) is 7.86. The fourth-order valence-corrected chi connectivity index (χ4v) is 1.24. The Kier molecular flexibility index (Phi) is 3.39. The third kappa shape index (κ3) is 3.55. The standard InChI is InChI=1S/C11H20N2O2/c1-8(2)9-6-13(5)12-10(9)15-7-11(3,4)14/h6,8,14H,7H2,1-5H3. The van der Waals surface area contributed by atoms with E-state index < -0.39 is 5.60 Å². The van der Waals surface area contributed by atoms with Gasteiger partial charge in [-0.05, 0) is 19.8 Å². The maximum Gasteiger partial charge on any atom is 0.236 e. The van der Waals surface area contributed by atoms with Gasteiger partial charge in [0.15, 0.2) is 0 Å². The van der Waals surface area contributed by atoms with E-state index in [0.29, 0.717) is 11.8 Å². The van der Waals surface area contributed by atoms with Gasteiger partial charge in [0.2, 0.25) is 5.88 Å². The zero-order chi connectivity index (χ0) is 11.6. The molecule has 1 aromatic heterocycles. The van der Waals surface area contributed by atoms with Crippen molar-refractivity contribution in [1.82, 2.24) is 9.78 Å². The molecular formula is C11H20N2O2. The monoisotopic (exact) mass is 212 g/mol. The summed E-state index contributed by atoms with van der Waals surface area (Å²) in [6.07, 6.45) is 1.95. The number of ether oxygens (including phenoxy) is 1. The van der Waals surface area contributed by atoms with E-state index in [0.717, 1.165) is 5.56 Å². The molecule has 0 aliphatic heterocycles. The van der Waals surface area contributed by atoms with Gasteiger partial charge in [0.1, 0.15) is 6.61 Å². The Morgan fingerprint density at radius 1 is 1.53 bits per heavy atom. The van der Waals surface area contributed by atoms with Crippen molar-refractivity contribution in [3.63, 3.8) is 0 Å². The van der Waals surface area contributed by atoms with Gasteiger partial charge in [-0.3, -0.25) is 4.68 Å². The molecule has 0 aliphatic rings. The van der Waals surface area contributed by atoms with Crippen LogP contribution < -0.4 is 4.74 Å². The van der Waals surface area contributed by atoms with Gasteiger partial charge in [-0.15, -0.1) is 5.10 Å². The van der Waals surface area contributed by atoms with Crippen LogP contribution >= 0.6 is 0 Å². The molecule has 0 fully saturated rings. The normalized spacial score (nSPS) is 12.2. The quantitative estimate of drug-likeness (QED) is 0.826. The second-order valence-electron chi connectivity index (χ2n) is 4.82. The molecule has 15 heavy (non-hydrogen) atoms. The number of hydrogen-bond acceptors (Lipinski definition) is 3. The largest absolute Gasteiger partial charge is 0.473 e. The molecule has 1 heterocycles. The lowest BCUT2D eigenvalue weighted by Crippen LogP contribution is -2.28. The molecular weight excluding hydrogens is 192 g/mol. The molecule has 0 aliphatic carbocycles. The molecule has 0 radical (unpaired) electrons. The molecule has 0 amide bonds. The molecule has 0 spiro atoms. The first-order valence-electron chi connectivity index (χ1n) is 5.18.